The molecule has 0 amide bonds. The van der Waals surface area contributed by atoms with Crippen molar-refractivity contribution in [2.24, 2.45) is 5.92 Å². The summed E-state index contributed by atoms with van der Waals surface area (Å²) >= 11 is 0. The van der Waals surface area contributed by atoms with Crippen LogP contribution in [-0.4, -0.2) is 60.4 Å². The Labute approximate surface area is 254 Å². The van der Waals surface area contributed by atoms with Crippen LogP contribution in [0.15, 0.2) is 53.4 Å². The van der Waals surface area contributed by atoms with Crippen LogP contribution in [0, 0.1) is 19.8 Å². The van der Waals surface area contributed by atoms with Crippen LogP contribution in [0.3, 0.4) is 0 Å². The van der Waals surface area contributed by atoms with E-state index in [4.69, 9.17) is 9.47 Å². The number of carboxylic acid groups (broad SMARTS) is 1. The molecule has 1 aliphatic rings. The molecule has 0 spiro atoms. The number of benzene rings is 2. The van der Waals surface area contributed by atoms with Gasteiger partial charge in [0.25, 0.3) is 10.0 Å². The Balaban J connectivity index is 1.60. The highest BCUT2D eigenvalue weighted by molar-refractivity contribution is 7.92. The molecule has 0 radical (unpaired) electrons. The summed E-state index contributed by atoms with van der Waals surface area (Å²) in [6, 6.07) is 13.1. The minimum atomic E-state index is -4.20. The number of aromatic carboxylic acids is 1. The van der Waals surface area contributed by atoms with Crippen LogP contribution >= 0.6 is 0 Å². The maximum Gasteiger partial charge on any atom is 0.335 e. The smallest absolute Gasteiger partial charge is 0.335 e. The second-order valence-electron chi connectivity index (χ2n) is 11.9. The molecule has 0 bridgehead atoms. The number of carboxylic acids is 1. The van der Waals surface area contributed by atoms with Gasteiger partial charge in [0.05, 0.1) is 28.4 Å². The zero-order chi connectivity index (χ0) is 31.3. The number of nitrogens with zero attached hydrogens (tertiary/aromatic N) is 2. The minimum absolute atomic E-state index is 0.0579. The molecule has 1 aliphatic carbocycles. The van der Waals surface area contributed by atoms with Gasteiger partial charge in [-0.3, -0.25) is 0 Å². The van der Waals surface area contributed by atoms with E-state index in [0.29, 0.717) is 24.3 Å². The van der Waals surface area contributed by atoms with Gasteiger partial charge in [-0.1, -0.05) is 38.1 Å². The summed E-state index contributed by atoms with van der Waals surface area (Å²) in [5.41, 5.74) is 3.16. The van der Waals surface area contributed by atoms with Crippen molar-refractivity contribution in [3.05, 3.63) is 65.2 Å². The molecule has 3 N–H and O–H groups in total. The van der Waals surface area contributed by atoms with Gasteiger partial charge >= 0.3 is 5.97 Å². The Hall–Kier alpha value is -3.54. The fourth-order valence-corrected chi connectivity index (χ4v) is 6.33. The van der Waals surface area contributed by atoms with Crippen LogP contribution in [0.4, 0.5) is 5.95 Å². The first-order valence-electron chi connectivity index (χ1n) is 14.7. The predicted molar refractivity (Wildman–Crippen MR) is 166 cm³/mol. The zero-order valence-corrected chi connectivity index (χ0v) is 26.4. The third-order valence-electron chi connectivity index (χ3n) is 7.28. The van der Waals surface area contributed by atoms with Crippen molar-refractivity contribution in [2.75, 3.05) is 11.3 Å². The van der Waals surface area contributed by atoms with Gasteiger partial charge in [-0.25, -0.2) is 22.9 Å². The molecule has 0 aliphatic heterocycles. The minimum Gasteiger partial charge on any atom is -0.478 e. The molecular weight excluding hydrogens is 568 g/mol. The average Bonchev–Trinajstić information content (AvgIpc) is 2.89. The van der Waals surface area contributed by atoms with Gasteiger partial charge in [0.2, 0.25) is 11.8 Å². The number of anilines is 1. The summed E-state index contributed by atoms with van der Waals surface area (Å²) in [4.78, 5) is 20.2. The fraction of sp³-hybridized carbons (Fsp3) is 0.469. The molecule has 1 fully saturated rings. The number of hydrogen-bond donors (Lipinski definition) is 3. The second-order valence-corrected chi connectivity index (χ2v) is 13.6. The summed E-state index contributed by atoms with van der Waals surface area (Å²) in [7, 11) is -4.20. The van der Waals surface area contributed by atoms with Gasteiger partial charge in [0, 0.05) is 23.7 Å². The molecule has 1 atom stereocenters. The summed E-state index contributed by atoms with van der Waals surface area (Å²) in [5.74, 6) is -0.731. The van der Waals surface area contributed by atoms with Crippen molar-refractivity contribution in [1.29, 1.82) is 0 Å². The SMILES string of the molecule is Cc1cccc(C)c1-c1cc(OC[C@@H](CC(C)C)NC2CC(OC(C)C)C2)nc(NS(=O)(=O)c2cccc(C(=O)O)c2)n1. The number of aryl methyl sites for hydroxylation is 2. The van der Waals surface area contributed by atoms with Gasteiger partial charge in [-0.2, -0.15) is 4.98 Å². The topological polar surface area (TPSA) is 140 Å². The van der Waals surface area contributed by atoms with E-state index in [2.05, 4.69) is 33.9 Å². The molecule has 0 unspecified atom stereocenters. The monoisotopic (exact) mass is 610 g/mol. The Bertz CT molecular complexity index is 1520. The quantitative estimate of drug-likeness (QED) is 0.213. The molecule has 4 rings (SSSR count). The summed E-state index contributed by atoms with van der Waals surface area (Å²) in [6.45, 7) is 12.7. The number of hydrogen-bond acceptors (Lipinski definition) is 8. The van der Waals surface area contributed by atoms with E-state index in [-0.39, 0.29) is 40.5 Å². The van der Waals surface area contributed by atoms with Crippen molar-refractivity contribution < 1.29 is 27.8 Å². The van der Waals surface area contributed by atoms with E-state index in [1.54, 1.807) is 6.07 Å². The van der Waals surface area contributed by atoms with Gasteiger partial charge < -0.3 is 19.9 Å². The molecule has 2 aromatic carbocycles. The van der Waals surface area contributed by atoms with Gasteiger partial charge in [-0.05, 0) is 82.2 Å². The van der Waals surface area contributed by atoms with Crippen molar-refractivity contribution in [2.45, 2.75) is 90.0 Å². The Kier molecular flexibility index (Phi) is 10.4. The molecule has 1 aromatic heterocycles. The number of aromatic nitrogens is 2. The number of carbonyl (C=O) groups is 1. The molecule has 0 saturated heterocycles. The first-order valence-corrected chi connectivity index (χ1v) is 16.1. The largest absolute Gasteiger partial charge is 0.478 e. The van der Waals surface area contributed by atoms with Crippen LogP contribution < -0.4 is 14.8 Å². The molecule has 11 heteroatoms. The van der Waals surface area contributed by atoms with Crippen LogP contribution in [0.5, 0.6) is 5.88 Å². The van der Waals surface area contributed by atoms with Gasteiger partial charge in [0.15, 0.2) is 0 Å². The maximum absolute atomic E-state index is 13.3. The third kappa shape index (κ3) is 8.75. The highest BCUT2D eigenvalue weighted by Crippen LogP contribution is 2.30. The van der Waals surface area contributed by atoms with E-state index < -0.39 is 16.0 Å². The molecular formula is C32H42N4O6S. The summed E-state index contributed by atoms with van der Waals surface area (Å²) < 4.78 is 41.1. The lowest BCUT2D eigenvalue weighted by atomic mass is 9.87. The first-order chi connectivity index (χ1) is 20.3. The van der Waals surface area contributed by atoms with E-state index in [0.717, 1.165) is 42.0 Å². The van der Waals surface area contributed by atoms with E-state index in [1.165, 1.54) is 18.2 Å². The summed E-state index contributed by atoms with van der Waals surface area (Å²) in [5, 5.41) is 13.0. The first kappa shape index (κ1) is 32.4. The Morgan fingerprint density at radius 3 is 2.33 bits per heavy atom. The zero-order valence-electron chi connectivity index (χ0n) is 25.6. The van der Waals surface area contributed by atoms with E-state index in [1.807, 2.05) is 45.9 Å². The molecule has 1 saturated carbocycles. The molecule has 232 valence electrons. The highest BCUT2D eigenvalue weighted by atomic mass is 32.2. The Morgan fingerprint density at radius 1 is 1.02 bits per heavy atom. The number of rotatable bonds is 14. The lowest BCUT2D eigenvalue weighted by molar-refractivity contribution is -0.0526. The highest BCUT2D eigenvalue weighted by Gasteiger charge is 2.32. The lowest BCUT2D eigenvalue weighted by Gasteiger charge is -2.39. The van der Waals surface area contributed by atoms with Crippen molar-refractivity contribution in [1.82, 2.24) is 15.3 Å². The van der Waals surface area contributed by atoms with Crippen LogP contribution in [-0.2, 0) is 14.8 Å². The summed E-state index contributed by atoms with van der Waals surface area (Å²) in [6.07, 6.45) is 3.27. The number of ether oxygens (including phenoxy) is 2. The van der Waals surface area contributed by atoms with Crippen LogP contribution in [0.25, 0.3) is 11.3 Å². The molecule has 10 nitrogen and oxygen atoms in total. The van der Waals surface area contributed by atoms with Gasteiger partial charge in [0.1, 0.15) is 6.61 Å². The molecule has 1 heterocycles. The van der Waals surface area contributed by atoms with Gasteiger partial charge in [-0.15, -0.1) is 0 Å². The average molecular weight is 611 g/mol. The number of sulfonamides is 1. The second kappa shape index (κ2) is 13.8. The molecule has 3 aromatic rings. The van der Waals surface area contributed by atoms with Crippen LogP contribution in [0.1, 0.15) is 68.4 Å². The van der Waals surface area contributed by atoms with Crippen molar-refractivity contribution in [3.8, 4) is 17.1 Å². The van der Waals surface area contributed by atoms with Crippen molar-refractivity contribution in [3.63, 3.8) is 0 Å². The standard InChI is InChI=1S/C32H42N4O6S/c1-19(2)13-25(33-24-15-26(16-24)42-20(3)4)18-41-29-17-28(30-21(5)9-7-10-22(30)6)34-32(35-29)36-43(39,40)27-12-8-11-23(14-27)31(37)38/h7-12,14,17,19-20,24-26,33H,13,15-16,18H2,1-6H3,(H,37,38)(H,34,35,36)/t24?,25-,26?/m1/s1. The molecule has 43 heavy (non-hydrogen) atoms. The van der Waals surface area contributed by atoms with Crippen molar-refractivity contribution >= 4 is 21.9 Å². The number of nitrogens with one attached hydrogen (secondary N) is 2. The van der Waals surface area contributed by atoms with E-state index >= 15 is 0 Å². The third-order valence-corrected chi connectivity index (χ3v) is 8.60. The fourth-order valence-electron chi connectivity index (χ4n) is 5.34. The lowest BCUT2D eigenvalue weighted by Crippen LogP contribution is -2.51. The van der Waals surface area contributed by atoms with E-state index in [9.17, 15) is 18.3 Å². The maximum atomic E-state index is 13.3. The van der Waals surface area contributed by atoms with Crippen LogP contribution in [0.2, 0.25) is 0 Å². The predicted octanol–water partition coefficient (Wildman–Crippen LogP) is 5.60. The Morgan fingerprint density at radius 2 is 1.70 bits per heavy atom. The normalized spacial score (nSPS) is 17.5.